The zero-order valence-corrected chi connectivity index (χ0v) is 13.0. The number of nitrogens with one attached hydrogen (secondary N) is 2. The van der Waals surface area contributed by atoms with Crippen LogP contribution >= 0.6 is 23.2 Å². The molecule has 3 rings (SSSR count). The predicted octanol–water partition coefficient (Wildman–Crippen LogP) is 3.76. The number of imidazole rings is 1. The van der Waals surface area contributed by atoms with Crippen molar-refractivity contribution in [3.63, 3.8) is 0 Å². The lowest BCUT2D eigenvalue weighted by atomic mass is 10.0. The van der Waals surface area contributed by atoms with Gasteiger partial charge in [0.25, 0.3) is 0 Å². The molecule has 1 aromatic carbocycles. The number of halogens is 2. The number of nitrogens with zero attached hydrogens (tertiary/aromatic N) is 1. The summed E-state index contributed by atoms with van der Waals surface area (Å²) >= 11 is 12.3. The second-order valence-electron chi connectivity index (χ2n) is 5.09. The summed E-state index contributed by atoms with van der Waals surface area (Å²) in [6.45, 7) is 1.58. The third-order valence-electron chi connectivity index (χ3n) is 3.60. The molecule has 0 fully saturated rings. The Morgan fingerprint density at radius 1 is 1.38 bits per heavy atom. The number of benzene rings is 1. The number of aromatic nitrogens is 2. The van der Waals surface area contributed by atoms with Gasteiger partial charge in [0.1, 0.15) is 11.6 Å². The first-order chi connectivity index (χ1) is 10.2. The molecule has 2 heterocycles. The first-order valence-electron chi connectivity index (χ1n) is 7.07. The fourth-order valence-electron chi connectivity index (χ4n) is 2.60. The van der Waals surface area contributed by atoms with Crippen molar-refractivity contribution in [1.29, 1.82) is 0 Å². The first kappa shape index (κ1) is 14.7. The van der Waals surface area contributed by atoms with E-state index >= 15 is 0 Å². The van der Waals surface area contributed by atoms with E-state index in [1.165, 1.54) is 0 Å². The molecule has 1 aliphatic heterocycles. The predicted molar refractivity (Wildman–Crippen MR) is 84.2 cm³/mol. The average Bonchev–Trinajstić information content (AvgIpc) is 2.97. The first-order valence-corrected chi connectivity index (χ1v) is 7.83. The van der Waals surface area contributed by atoms with E-state index in [0.29, 0.717) is 16.7 Å². The zero-order valence-electron chi connectivity index (χ0n) is 11.5. The number of hydrogen-bond acceptors (Lipinski definition) is 3. The molecule has 0 bridgehead atoms. The van der Waals surface area contributed by atoms with E-state index in [-0.39, 0.29) is 6.04 Å². The standard InChI is InChI=1S/C15H17Cl2N3O/c16-10-8-11-13(3-7-21-15(11)12(17)9-10)18-4-1-2-14-19-5-6-20-14/h5-6,8-9,13,18H,1-4,7H2,(H,19,20). The number of hydrogen-bond donors (Lipinski definition) is 2. The molecule has 1 aliphatic rings. The Kier molecular flexibility index (Phi) is 4.68. The molecule has 0 amide bonds. The Balaban J connectivity index is 1.60. The lowest BCUT2D eigenvalue weighted by molar-refractivity contribution is 0.253. The molecule has 6 heteroatoms. The van der Waals surface area contributed by atoms with Crippen LogP contribution in [0.25, 0.3) is 0 Å². The van der Waals surface area contributed by atoms with E-state index in [1.54, 1.807) is 12.3 Å². The van der Waals surface area contributed by atoms with Crippen LogP contribution in [0.1, 0.15) is 30.3 Å². The van der Waals surface area contributed by atoms with Crippen LogP contribution in [0.2, 0.25) is 10.0 Å². The van der Waals surface area contributed by atoms with Crippen molar-refractivity contribution < 1.29 is 4.74 Å². The highest BCUT2D eigenvalue weighted by Gasteiger charge is 2.23. The summed E-state index contributed by atoms with van der Waals surface area (Å²) in [5.41, 5.74) is 1.05. The van der Waals surface area contributed by atoms with Crippen molar-refractivity contribution in [1.82, 2.24) is 15.3 Å². The lowest BCUT2D eigenvalue weighted by Gasteiger charge is -2.27. The number of H-pyrrole nitrogens is 1. The van der Waals surface area contributed by atoms with Crippen LogP contribution < -0.4 is 10.1 Å². The van der Waals surface area contributed by atoms with Crippen LogP contribution in [0.3, 0.4) is 0 Å². The smallest absolute Gasteiger partial charge is 0.142 e. The van der Waals surface area contributed by atoms with Crippen LogP contribution in [-0.2, 0) is 6.42 Å². The molecule has 2 aromatic rings. The Morgan fingerprint density at radius 3 is 3.10 bits per heavy atom. The van der Waals surface area contributed by atoms with Gasteiger partial charge in [-0.2, -0.15) is 0 Å². The minimum absolute atomic E-state index is 0.238. The molecule has 2 N–H and O–H groups in total. The van der Waals surface area contributed by atoms with E-state index in [1.807, 2.05) is 12.3 Å². The van der Waals surface area contributed by atoms with E-state index in [9.17, 15) is 0 Å². The maximum absolute atomic E-state index is 6.19. The van der Waals surface area contributed by atoms with E-state index in [0.717, 1.165) is 42.9 Å². The van der Waals surface area contributed by atoms with Crippen LogP contribution in [0.15, 0.2) is 24.5 Å². The minimum Gasteiger partial charge on any atom is -0.492 e. The molecule has 0 saturated carbocycles. The maximum atomic E-state index is 6.19. The van der Waals surface area contributed by atoms with E-state index in [2.05, 4.69) is 15.3 Å². The highest BCUT2D eigenvalue weighted by molar-refractivity contribution is 6.35. The van der Waals surface area contributed by atoms with Gasteiger partial charge in [0.15, 0.2) is 0 Å². The van der Waals surface area contributed by atoms with Gasteiger partial charge in [-0.25, -0.2) is 4.98 Å². The van der Waals surface area contributed by atoms with Gasteiger partial charge in [-0.05, 0) is 25.1 Å². The maximum Gasteiger partial charge on any atom is 0.142 e. The molecule has 0 spiro atoms. The summed E-state index contributed by atoms with van der Waals surface area (Å²) in [7, 11) is 0. The van der Waals surface area contributed by atoms with Crippen LogP contribution in [0.4, 0.5) is 0 Å². The van der Waals surface area contributed by atoms with Gasteiger partial charge >= 0.3 is 0 Å². The van der Waals surface area contributed by atoms with Gasteiger partial charge in [-0.15, -0.1) is 0 Å². The molecule has 0 saturated heterocycles. The van der Waals surface area contributed by atoms with Crippen molar-refractivity contribution in [2.24, 2.45) is 0 Å². The molecule has 0 aliphatic carbocycles. The Bertz CT molecular complexity index is 601. The topological polar surface area (TPSA) is 49.9 Å². The van der Waals surface area contributed by atoms with Gasteiger partial charge < -0.3 is 15.0 Å². The molecule has 1 unspecified atom stereocenters. The van der Waals surface area contributed by atoms with Crippen molar-refractivity contribution in [3.05, 3.63) is 46.0 Å². The summed E-state index contributed by atoms with van der Waals surface area (Å²) in [6, 6.07) is 3.90. The highest BCUT2D eigenvalue weighted by Crippen LogP contribution is 2.39. The summed E-state index contributed by atoms with van der Waals surface area (Å²) < 4.78 is 5.66. The SMILES string of the molecule is Clc1cc(Cl)c2c(c1)C(NCCCc1ncc[nH]1)CCO2. The second-order valence-corrected chi connectivity index (χ2v) is 5.93. The average molecular weight is 326 g/mol. The Hall–Kier alpha value is -1.23. The highest BCUT2D eigenvalue weighted by atomic mass is 35.5. The molecule has 0 radical (unpaired) electrons. The van der Waals surface area contributed by atoms with Crippen molar-refractivity contribution in [3.8, 4) is 5.75 Å². The van der Waals surface area contributed by atoms with Crippen LogP contribution in [-0.4, -0.2) is 23.1 Å². The summed E-state index contributed by atoms with van der Waals surface area (Å²) in [4.78, 5) is 7.33. The van der Waals surface area contributed by atoms with E-state index < -0.39 is 0 Å². The zero-order chi connectivity index (χ0) is 14.7. The Labute approximate surface area is 133 Å². The van der Waals surface area contributed by atoms with E-state index in [4.69, 9.17) is 27.9 Å². The summed E-state index contributed by atoms with van der Waals surface area (Å²) in [6.07, 6.45) is 6.51. The quantitative estimate of drug-likeness (QED) is 0.823. The van der Waals surface area contributed by atoms with Crippen molar-refractivity contribution in [2.45, 2.75) is 25.3 Å². The number of ether oxygens (including phenoxy) is 1. The monoisotopic (exact) mass is 325 g/mol. The molecule has 21 heavy (non-hydrogen) atoms. The van der Waals surface area contributed by atoms with Crippen molar-refractivity contribution in [2.75, 3.05) is 13.2 Å². The molecule has 1 atom stereocenters. The summed E-state index contributed by atoms with van der Waals surface area (Å²) in [5, 5.41) is 4.78. The number of rotatable bonds is 5. The largest absolute Gasteiger partial charge is 0.492 e. The van der Waals surface area contributed by atoms with Gasteiger partial charge in [0, 0.05) is 41.9 Å². The number of aromatic amines is 1. The summed E-state index contributed by atoms with van der Waals surface area (Å²) in [5.74, 6) is 1.78. The molecule has 112 valence electrons. The molecular weight excluding hydrogens is 309 g/mol. The number of fused-ring (bicyclic) bond motifs is 1. The fraction of sp³-hybridized carbons (Fsp3) is 0.400. The molecule has 1 aromatic heterocycles. The third-order valence-corrected chi connectivity index (χ3v) is 4.10. The lowest BCUT2D eigenvalue weighted by Crippen LogP contribution is -2.28. The van der Waals surface area contributed by atoms with Gasteiger partial charge in [0.2, 0.25) is 0 Å². The van der Waals surface area contributed by atoms with Crippen molar-refractivity contribution >= 4 is 23.2 Å². The number of aryl methyl sites for hydroxylation is 1. The third kappa shape index (κ3) is 3.51. The van der Waals surface area contributed by atoms with Gasteiger partial charge in [-0.3, -0.25) is 0 Å². The van der Waals surface area contributed by atoms with Gasteiger partial charge in [-0.1, -0.05) is 23.2 Å². The fourth-order valence-corrected chi connectivity index (χ4v) is 3.17. The molecular formula is C15H17Cl2N3O. The van der Waals surface area contributed by atoms with Crippen LogP contribution in [0.5, 0.6) is 5.75 Å². The minimum atomic E-state index is 0.238. The van der Waals surface area contributed by atoms with Crippen LogP contribution in [0, 0.1) is 0 Å². The Morgan fingerprint density at radius 2 is 2.29 bits per heavy atom. The molecule has 4 nitrogen and oxygen atoms in total. The normalized spacial score (nSPS) is 17.3. The van der Waals surface area contributed by atoms with Gasteiger partial charge in [0.05, 0.1) is 11.6 Å². The second kappa shape index (κ2) is 6.69.